The van der Waals surface area contributed by atoms with Gasteiger partial charge >= 0.3 is 0 Å². The lowest BCUT2D eigenvalue weighted by molar-refractivity contribution is -0.137. The van der Waals surface area contributed by atoms with Crippen molar-refractivity contribution >= 4 is 23.4 Å². The van der Waals surface area contributed by atoms with Crippen molar-refractivity contribution in [1.82, 2.24) is 4.90 Å². The fraction of sp³-hybridized carbons (Fsp3) is 0.579. The fourth-order valence-electron chi connectivity index (χ4n) is 3.36. The molecule has 6 heteroatoms. The number of nitrogens with zero attached hydrogens (tertiary/aromatic N) is 1. The summed E-state index contributed by atoms with van der Waals surface area (Å²) in [4.78, 5) is 25.9. The lowest BCUT2D eigenvalue weighted by Crippen LogP contribution is -2.50. The molecule has 25 heavy (non-hydrogen) atoms. The highest BCUT2D eigenvalue weighted by Crippen LogP contribution is 2.35. The summed E-state index contributed by atoms with van der Waals surface area (Å²) in [5.74, 6) is 0.493. The smallest absolute Gasteiger partial charge is 0.222 e. The van der Waals surface area contributed by atoms with Gasteiger partial charge in [-0.2, -0.15) is 0 Å². The third-order valence-corrected chi connectivity index (χ3v) is 4.92. The number of carbonyl (C=O) groups is 2. The first-order valence-electron chi connectivity index (χ1n) is 8.88. The lowest BCUT2D eigenvalue weighted by Gasteiger charge is -2.42. The Balaban J connectivity index is 2.06. The predicted octanol–water partition coefficient (Wildman–Crippen LogP) is 3.39. The maximum atomic E-state index is 12.4. The molecule has 5 nitrogen and oxygen atoms in total. The van der Waals surface area contributed by atoms with Crippen LogP contribution in [0.3, 0.4) is 0 Å². The van der Waals surface area contributed by atoms with Crippen molar-refractivity contribution in [3.05, 3.63) is 29.3 Å². The summed E-state index contributed by atoms with van der Waals surface area (Å²) >= 11 is 5.89. The van der Waals surface area contributed by atoms with Crippen molar-refractivity contribution in [2.45, 2.75) is 45.4 Å². The summed E-state index contributed by atoms with van der Waals surface area (Å²) in [7, 11) is 0. The summed E-state index contributed by atoms with van der Waals surface area (Å²) in [6.45, 7) is 3.69. The highest BCUT2D eigenvalue weighted by Gasteiger charge is 2.39. The van der Waals surface area contributed by atoms with Gasteiger partial charge in [0.05, 0.1) is 6.61 Å². The van der Waals surface area contributed by atoms with Crippen molar-refractivity contribution in [3.8, 4) is 5.75 Å². The molecule has 1 aliphatic heterocycles. The summed E-state index contributed by atoms with van der Waals surface area (Å²) in [5.41, 5.74) is 5.06. The molecule has 2 amide bonds. The Morgan fingerprint density at radius 1 is 1.32 bits per heavy atom. The Kier molecular flexibility index (Phi) is 7.12. The van der Waals surface area contributed by atoms with Crippen molar-refractivity contribution in [1.29, 1.82) is 0 Å². The number of nitrogens with two attached hydrogens (primary N) is 1. The van der Waals surface area contributed by atoms with Crippen LogP contribution in [0.5, 0.6) is 5.75 Å². The van der Waals surface area contributed by atoms with Crippen molar-refractivity contribution in [3.63, 3.8) is 0 Å². The van der Waals surface area contributed by atoms with Gasteiger partial charge in [0.1, 0.15) is 5.75 Å². The zero-order chi connectivity index (χ0) is 18.3. The van der Waals surface area contributed by atoms with E-state index >= 15 is 0 Å². The molecular weight excluding hydrogens is 340 g/mol. The zero-order valence-electron chi connectivity index (χ0n) is 14.8. The van der Waals surface area contributed by atoms with Gasteiger partial charge in [-0.25, -0.2) is 0 Å². The van der Waals surface area contributed by atoms with E-state index in [1.54, 1.807) is 24.3 Å². The van der Waals surface area contributed by atoms with Crippen LogP contribution in [0.25, 0.3) is 0 Å². The predicted molar refractivity (Wildman–Crippen MR) is 98.5 cm³/mol. The molecule has 138 valence electrons. The second-order valence-electron chi connectivity index (χ2n) is 6.91. The number of piperidine rings is 1. The second-order valence-corrected chi connectivity index (χ2v) is 7.34. The van der Waals surface area contributed by atoms with Crippen molar-refractivity contribution in [2.75, 3.05) is 19.7 Å². The van der Waals surface area contributed by atoms with Crippen LogP contribution >= 0.6 is 11.6 Å². The zero-order valence-corrected chi connectivity index (χ0v) is 15.6. The number of halogens is 1. The Hall–Kier alpha value is -1.75. The molecule has 1 atom stereocenters. The number of unbranched alkanes of at least 4 members (excludes halogenated alkanes) is 1. The number of hydrogen-bond acceptors (Lipinski definition) is 3. The van der Waals surface area contributed by atoms with E-state index in [-0.39, 0.29) is 18.2 Å². The highest BCUT2D eigenvalue weighted by atomic mass is 35.5. The number of amides is 2. The summed E-state index contributed by atoms with van der Waals surface area (Å²) in [6, 6.07) is 7.12. The average molecular weight is 367 g/mol. The third-order valence-electron chi connectivity index (χ3n) is 4.67. The van der Waals surface area contributed by atoms with Crippen LogP contribution < -0.4 is 10.5 Å². The van der Waals surface area contributed by atoms with E-state index in [0.29, 0.717) is 30.3 Å². The lowest BCUT2D eigenvalue weighted by atomic mass is 9.77. The molecule has 0 radical (unpaired) electrons. The van der Waals surface area contributed by atoms with Crippen LogP contribution in [0, 0.1) is 5.41 Å². The van der Waals surface area contributed by atoms with Crippen LogP contribution in [0.4, 0.5) is 0 Å². The van der Waals surface area contributed by atoms with E-state index in [1.165, 1.54) is 0 Å². The number of primary amides is 1. The molecule has 1 heterocycles. The van der Waals surface area contributed by atoms with E-state index in [2.05, 4.69) is 6.92 Å². The largest absolute Gasteiger partial charge is 0.493 e. The molecule has 0 aromatic heterocycles. The monoisotopic (exact) mass is 366 g/mol. The molecule has 0 aliphatic carbocycles. The van der Waals surface area contributed by atoms with Gasteiger partial charge in [0.2, 0.25) is 11.8 Å². The van der Waals surface area contributed by atoms with Crippen molar-refractivity contribution in [2.24, 2.45) is 11.1 Å². The molecule has 1 unspecified atom stereocenters. The van der Waals surface area contributed by atoms with Crippen molar-refractivity contribution < 1.29 is 14.3 Å². The molecule has 2 rings (SSSR count). The standard InChI is InChI=1S/C19H27ClN2O3/c1-2-3-5-18(24)22-11-4-10-19(13-22,12-17(21)23)14-25-16-8-6-15(20)7-9-16/h6-9H,2-5,10-14H2,1H3,(H2,21,23). The first-order chi connectivity index (χ1) is 11.9. The van der Waals surface area contributed by atoms with Crippen LogP contribution in [0.2, 0.25) is 5.02 Å². The molecule has 1 aliphatic rings. The Bertz CT molecular complexity index is 591. The number of likely N-dealkylation sites (tertiary alicyclic amines) is 1. The summed E-state index contributed by atoms with van der Waals surface area (Å²) in [6.07, 6.45) is 4.33. The molecule has 0 bridgehead atoms. The number of carbonyl (C=O) groups excluding carboxylic acids is 2. The van der Waals surface area contributed by atoms with Gasteiger partial charge in [-0.15, -0.1) is 0 Å². The van der Waals surface area contributed by atoms with E-state index in [1.807, 2.05) is 4.90 Å². The molecular formula is C19H27ClN2O3. The minimum Gasteiger partial charge on any atom is -0.493 e. The number of hydrogen-bond donors (Lipinski definition) is 1. The van der Waals surface area contributed by atoms with Crippen LogP contribution in [0.1, 0.15) is 45.4 Å². The minimum absolute atomic E-state index is 0.155. The topological polar surface area (TPSA) is 72.6 Å². The average Bonchev–Trinajstić information content (AvgIpc) is 2.59. The maximum absolute atomic E-state index is 12.4. The Morgan fingerprint density at radius 2 is 2.04 bits per heavy atom. The van der Waals surface area contributed by atoms with Crippen LogP contribution in [0.15, 0.2) is 24.3 Å². The van der Waals surface area contributed by atoms with Gasteiger partial charge in [-0.1, -0.05) is 24.9 Å². The maximum Gasteiger partial charge on any atom is 0.222 e. The molecule has 0 saturated carbocycles. The van der Waals surface area contributed by atoms with E-state index in [0.717, 1.165) is 32.2 Å². The molecule has 1 aromatic rings. The van der Waals surface area contributed by atoms with E-state index in [4.69, 9.17) is 22.1 Å². The second kappa shape index (κ2) is 9.09. The molecule has 2 N–H and O–H groups in total. The van der Waals surface area contributed by atoms with Gasteiger partial charge in [0.15, 0.2) is 0 Å². The first-order valence-corrected chi connectivity index (χ1v) is 9.26. The van der Waals surface area contributed by atoms with E-state index < -0.39 is 5.41 Å². The first kappa shape index (κ1) is 19.6. The normalized spacial score (nSPS) is 20.3. The third kappa shape index (κ3) is 5.92. The SMILES string of the molecule is CCCCC(=O)N1CCCC(COc2ccc(Cl)cc2)(CC(N)=O)C1. The van der Waals surface area contributed by atoms with Gasteiger partial charge in [-0.05, 0) is 43.5 Å². The van der Waals surface area contributed by atoms with Crippen LogP contribution in [-0.4, -0.2) is 36.4 Å². The molecule has 1 aromatic carbocycles. The van der Waals surface area contributed by atoms with Gasteiger partial charge in [0.25, 0.3) is 0 Å². The van der Waals surface area contributed by atoms with Gasteiger partial charge in [0, 0.05) is 36.4 Å². The fourth-order valence-corrected chi connectivity index (χ4v) is 3.48. The summed E-state index contributed by atoms with van der Waals surface area (Å²) in [5, 5.41) is 0.643. The Morgan fingerprint density at radius 3 is 2.68 bits per heavy atom. The number of ether oxygens (including phenoxy) is 1. The van der Waals surface area contributed by atoms with E-state index in [9.17, 15) is 9.59 Å². The summed E-state index contributed by atoms with van der Waals surface area (Å²) < 4.78 is 5.91. The number of benzene rings is 1. The molecule has 1 fully saturated rings. The molecule has 0 spiro atoms. The van der Waals surface area contributed by atoms with Crippen LogP contribution in [-0.2, 0) is 9.59 Å². The minimum atomic E-state index is -0.425. The highest BCUT2D eigenvalue weighted by molar-refractivity contribution is 6.30. The van der Waals surface area contributed by atoms with Gasteiger partial charge in [-0.3, -0.25) is 9.59 Å². The number of rotatable bonds is 8. The quantitative estimate of drug-likeness (QED) is 0.766. The molecule has 1 saturated heterocycles. The Labute approximate surface area is 154 Å². The van der Waals surface area contributed by atoms with Gasteiger partial charge < -0.3 is 15.4 Å².